The molecule has 0 amide bonds. The highest BCUT2D eigenvalue weighted by atomic mass is 31.2. The highest BCUT2D eigenvalue weighted by molar-refractivity contribution is 7.60. The fourth-order valence-corrected chi connectivity index (χ4v) is 20.1. The molecule has 2 aromatic carbocycles. The van der Waals surface area contributed by atoms with E-state index in [1.54, 1.807) is 0 Å². The first kappa shape index (κ1) is 56.2. The average Bonchev–Trinajstić information content (AvgIpc) is 3.08. The third-order valence-corrected chi connectivity index (χ3v) is 24.3. The topological polar surface area (TPSA) is 268 Å². The molecular weight excluding hydrogens is 921 g/mol. The molecule has 0 unspecified atom stereocenters. The summed E-state index contributed by atoms with van der Waals surface area (Å²) in [4.78, 5) is 116. The Hall–Kier alpha value is 0.0675. The zero-order valence-electron chi connectivity index (χ0n) is 36.4. The van der Waals surface area contributed by atoms with Crippen LogP contribution in [-0.4, -0.2) is 154 Å². The van der Waals surface area contributed by atoms with Crippen molar-refractivity contribution in [1.29, 1.82) is 0 Å². The van der Waals surface area contributed by atoms with Crippen molar-refractivity contribution in [1.82, 2.24) is 9.80 Å². The predicted molar refractivity (Wildman–Crippen MR) is 258 cm³/mol. The van der Waals surface area contributed by atoms with Crippen LogP contribution in [0.2, 0.25) is 69.0 Å². The van der Waals surface area contributed by atoms with E-state index in [0.29, 0.717) is 25.3 Å². The first-order chi connectivity index (χ1) is 27.4. The summed E-state index contributed by atoms with van der Waals surface area (Å²) < 4.78 is 12.5. The Morgan fingerprint density at radius 1 is 0.467 bits per heavy atom. The second-order valence-corrected chi connectivity index (χ2v) is 41.5. The molecule has 0 atom stereocenters. The van der Waals surface area contributed by atoms with E-state index in [-0.39, 0.29) is 13.1 Å². The molecule has 2 rings (SSSR count). The summed E-state index contributed by atoms with van der Waals surface area (Å²) >= 11 is 0. The molecule has 0 bridgehead atoms. The van der Waals surface area contributed by atoms with Gasteiger partial charge in [-0.25, -0.2) is 9.80 Å². The van der Waals surface area contributed by atoms with E-state index in [2.05, 4.69) is 32.7 Å². The molecule has 60 heavy (non-hydrogen) atoms. The summed E-state index contributed by atoms with van der Waals surface area (Å²) in [7, 11) is -20.3. The van der Waals surface area contributed by atoms with E-state index in [0.717, 1.165) is 22.6 Å². The maximum atomic E-state index is 9.45. The molecule has 12 N–H and O–H groups in total. The van der Waals surface area contributed by atoms with E-state index in [1.807, 2.05) is 48.5 Å². The summed E-state index contributed by atoms with van der Waals surface area (Å²) in [6.45, 7) is 12.5. The van der Waals surface area contributed by atoms with Gasteiger partial charge in [-0.3, -0.25) is 0 Å². The van der Waals surface area contributed by atoms with Crippen LogP contribution in [0.4, 0.5) is 0 Å². The third kappa shape index (κ3) is 27.4. The fourth-order valence-electron chi connectivity index (χ4n) is 7.19. The number of nitrogens with zero attached hydrogens (tertiary/aromatic N) is 2. The maximum Gasteiger partial charge on any atom is 0.419 e. The number of hydrogen-bond acceptors (Lipinski definition) is 16. The minimum absolute atomic E-state index is 0.176. The molecule has 0 fully saturated rings. The van der Waals surface area contributed by atoms with Crippen LogP contribution in [0.3, 0.4) is 0 Å². The van der Waals surface area contributed by atoms with Crippen LogP contribution in [0.25, 0.3) is 0 Å². The van der Waals surface area contributed by atoms with Gasteiger partial charge in [0.2, 0.25) is 0 Å². The van der Waals surface area contributed by atoms with Gasteiger partial charge in [0.1, 0.15) is 11.5 Å². The van der Waals surface area contributed by atoms with Crippen LogP contribution in [0.1, 0.15) is 30.4 Å². The van der Waals surface area contributed by atoms with Crippen LogP contribution >= 0.6 is 31.8 Å². The monoisotopic (exact) mass is 996 g/mol. The smallest absolute Gasteiger partial charge is 0.419 e. The summed E-state index contributed by atoms with van der Waals surface area (Å²) in [5.41, 5.74) is 1.83. The Morgan fingerprint density at radius 2 is 0.767 bits per heavy atom. The summed E-state index contributed by atoms with van der Waals surface area (Å²) in [5.74, 6) is 1.55. The normalized spacial score (nSPS) is 13.8. The minimum Gasteiger partial charge on any atom is -0.497 e. The molecule has 16 nitrogen and oxygen atoms in total. The van der Waals surface area contributed by atoms with E-state index in [4.69, 9.17) is 9.47 Å². The molecule has 0 aliphatic carbocycles. The Bertz CT molecular complexity index is 1380. The Morgan fingerprint density at radius 3 is 1.05 bits per heavy atom. The Balaban J connectivity index is 1.82. The lowest BCUT2D eigenvalue weighted by atomic mass is 10.1. The van der Waals surface area contributed by atoms with Gasteiger partial charge in [0.25, 0.3) is 0 Å². The standard InChI is InChI=1S/C36H76N2O14P4Si4/c1-58(2,31-51-35-13-9-33(10-14-35)17-19-37(27-53(39,40)41)28-54(42,43)44)22-7-25-60(5,24-6-21-57)26-8-23-59(3,4)32-52-36-15-11-34(12-16-36)18-20-38(29-55(45,46)47)30-56(48,49)50/h9-16,39-50H,6-8,17-32H2,1-5,57H3/q+4. The Labute approximate surface area is 365 Å². The molecule has 0 aliphatic rings. The number of rotatable bonds is 31. The quantitative estimate of drug-likeness (QED) is 0.0374. The second-order valence-electron chi connectivity index (χ2n) is 18.4. The number of benzene rings is 2. The molecule has 24 heteroatoms. The molecule has 346 valence electrons. The van der Waals surface area contributed by atoms with E-state index >= 15 is 0 Å². The van der Waals surface area contributed by atoms with Gasteiger partial charge in [-0.15, -0.1) is 0 Å². The maximum absolute atomic E-state index is 9.45. The first-order valence-electron chi connectivity index (χ1n) is 20.6. The van der Waals surface area contributed by atoms with Crippen LogP contribution < -0.4 is 9.47 Å². The lowest BCUT2D eigenvalue weighted by Crippen LogP contribution is -2.37. The van der Waals surface area contributed by atoms with Crippen LogP contribution in [0.15, 0.2) is 48.5 Å². The van der Waals surface area contributed by atoms with Gasteiger partial charge in [0.15, 0.2) is 25.1 Å². The van der Waals surface area contributed by atoms with Gasteiger partial charge in [0.05, 0.1) is 36.7 Å². The lowest BCUT2D eigenvalue weighted by molar-refractivity contribution is 0.246. The van der Waals surface area contributed by atoms with E-state index in [9.17, 15) is 58.7 Å². The molecule has 0 saturated heterocycles. The molecule has 0 heterocycles. The predicted octanol–water partition coefficient (Wildman–Crippen LogP) is 4.15. The van der Waals surface area contributed by atoms with Crippen molar-refractivity contribution in [2.75, 3.05) is 50.7 Å². The SMILES string of the molecule is C[Si](C)(CCC[Si](C)(CCC[SiH3])CCC[Si](C)(C)COc1ccc(CCN(C[P+](O)(O)O)C[P+](O)(O)O)cc1)COc1ccc(CCN(C[P+](O)(O)O)C[P+](O)(O)O)cc1. The van der Waals surface area contributed by atoms with Gasteiger partial charge in [-0.2, -0.15) is 58.7 Å². The molecule has 0 aromatic heterocycles. The zero-order chi connectivity index (χ0) is 45.5. The van der Waals surface area contributed by atoms with Crippen molar-refractivity contribution in [3.8, 4) is 11.5 Å². The zero-order valence-corrected chi connectivity index (χ0v) is 45.0. The van der Waals surface area contributed by atoms with Crippen molar-refractivity contribution in [3.05, 3.63) is 59.7 Å². The highest BCUT2D eigenvalue weighted by Crippen LogP contribution is 2.51. The van der Waals surface area contributed by atoms with Gasteiger partial charge < -0.3 is 9.47 Å². The molecular formula is C36H76N2O14P4Si4+4. The van der Waals surface area contributed by atoms with Crippen molar-refractivity contribution in [3.63, 3.8) is 0 Å². The van der Waals surface area contributed by atoms with Gasteiger partial charge in [0, 0.05) is 23.3 Å². The van der Waals surface area contributed by atoms with Crippen molar-refractivity contribution < 1.29 is 68.2 Å². The highest BCUT2D eigenvalue weighted by Gasteiger charge is 2.42. The van der Waals surface area contributed by atoms with Gasteiger partial charge in [-0.1, -0.05) is 113 Å². The average molecular weight is 997 g/mol. The van der Waals surface area contributed by atoms with Gasteiger partial charge >= 0.3 is 31.8 Å². The number of ether oxygens (including phenoxy) is 2. The van der Waals surface area contributed by atoms with Crippen molar-refractivity contribution in [2.45, 2.75) is 101 Å². The lowest BCUT2D eigenvalue weighted by Gasteiger charge is -2.31. The van der Waals surface area contributed by atoms with E-state index in [1.165, 1.54) is 75.6 Å². The largest absolute Gasteiger partial charge is 0.497 e. The first-order valence-corrected chi connectivity index (χ1v) is 39.3. The fraction of sp³-hybridized carbons (Fsp3) is 0.667. The molecule has 0 spiro atoms. The van der Waals surface area contributed by atoms with Crippen molar-refractivity contribution >= 4 is 66.2 Å². The van der Waals surface area contributed by atoms with E-state index < -0.39 is 81.1 Å². The van der Waals surface area contributed by atoms with Gasteiger partial charge in [-0.05, 0) is 48.2 Å². The molecule has 2 aromatic rings. The van der Waals surface area contributed by atoms with Crippen LogP contribution in [0.5, 0.6) is 11.5 Å². The molecule has 0 aliphatic heterocycles. The second kappa shape index (κ2) is 25.1. The summed E-state index contributed by atoms with van der Waals surface area (Å²) in [5, 5.41) is 0. The number of hydrogen-bond donors (Lipinski definition) is 12. The van der Waals surface area contributed by atoms with Crippen LogP contribution in [-0.2, 0) is 12.8 Å². The minimum atomic E-state index is -4.20. The molecule has 0 saturated carbocycles. The summed E-state index contributed by atoms with van der Waals surface area (Å²) in [6.07, 6.45) is 3.83. The molecule has 0 radical (unpaired) electrons. The van der Waals surface area contributed by atoms with Crippen molar-refractivity contribution in [2.24, 2.45) is 0 Å². The van der Waals surface area contributed by atoms with Crippen LogP contribution in [0, 0.1) is 0 Å². The third-order valence-electron chi connectivity index (χ3n) is 10.5. The summed E-state index contributed by atoms with van der Waals surface area (Å²) in [6, 6.07) is 23.1. The Kier molecular flexibility index (Phi) is 23.5.